The molecule has 0 atom stereocenters. The molecule has 3 N–H and O–H groups in total. The second kappa shape index (κ2) is 5.53. The molecule has 0 aliphatic carbocycles. The molecule has 0 bridgehead atoms. The highest BCUT2D eigenvalue weighted by Crippen LogP contribution is 2.15. The van der Waals surface area contributed by atoms with Crippen molar-refractivity contribution in [2.75, 3.05) is 5.32 Å². The molecular formula is C11H8BrN3O4. The first-order valence-electron chi connectivity index (χ1n) is 5.08. The number of nitrogens with one attached hydrogen (secondary N) is 2. The van der Waals surface area contributed by atoms with Crippen LogP contribution in [0.1, 0.15) is 16.2 Å². The first-order chi connectivity index (χ1) is 9.04. The quantitative estimate of drug-likeness (QED) is 0.746. The molecule has 7 nitrogen and oxygen atoms in total. The Morgan fingerprint density at radius 1 is 1.47 bits per heavy atom. The van der Waals surface area contributed by atoms with Crippen molar-refractivity contribution in [3.8, 4) is 0 Å². The summed E-state index contributed by atoms with van der Waals surface area (Å²) in [6.07, 6.45) is 2.73. The number of carboxylic acids is 1. The lowest BCUT2D eigenvalue weighted by Crippen LogP contribution is -2.07. The molecule has 98 valence electrons. The Labute approximate surface area is 115 Å². The lowest BCUT2D eigenvalue weighted by Gasteiger charge is -1.94. The van der Waals surface area contributed by atoms with E-state index in [4.69, 9.17) is 9.52 Å². The molecule has 0 radical (unpaired) electrons. The van der Waals surface area contributed by atoms with Crippen LogP contribution in [0.5, 0.6) is 0 Å². The number of anilines is 1. The third-order valence-electron chi connectivity index (χ3n) is 2.05. The van der Waals surface area contributed by atoms with Gasteiger partial charge >= 0.3 is 5.97 Å². The SMILES string of the molecule is O=C(C=Cc1ccc(Br)o1)Nc1cc(C(=O)O)[nH]n1. The normalized spacial score (nSPS) is 10.8. The molecule has 0 saturated heterocycles. The van der Waals surface area contributed by atoms with E-state index in [0.29, 0.717) is 10.4 Å². The molecule has 19 heavy (non-hydrogen) atoms. The Balaban J connectivity index is 1.97. The minimum Gasteiger partial charge on any atom is -0.477 e. The summed E-state index contributed by atoms with van der Waals surface area (Å²) in [6.45, 7) is 0. The number of aromatic nitrogens is 2. The van der Waals surface area contributed by atoms with Gasteiger partial charge in [-0.1, -0.05) is 0 Å². The van der Waals surface area contributed by atoms with Gasteiger partial charge in [0.1, 0.15) is 11.5 Å². The topological polar surface area (TPSA) is 108 Å². The van der Waals surface area contributed by atoms with E-state index in [2.05, 4.69) is 31.4 Å². The molecular weight excluding hydrogens is 318 g/mol. The van der Waals surface area contributed by atoms with Gasteiger partial charge in [0.2, 0.25) is 5.91 Å². The second-order valence-corrected chi connectivity index (χ2v) is 4.22. The van der Waals surface area contributed by atoms with Gasteiger partial charge in [-0.3, -0.25) is 9.89 Å². The monoisotopic (exact) mass is 325 g/mol. The zero-order valence-electron chi connectivity index (χ0n) is 9.38. The van der Waals surface area contributed by atoms with Crippen molar-refractivity contribution in [2.24, 2.45) is 0 Å². The third kappa shape index (κ3) is 3.55. The molecule has 8 heteroatoms. The maximum absolute atomic E-state index is 11.5. The molecule has 0 fully saturated rings. The number of H-pyrrole nitrogens is 1. The van der Waals surface area contributed by atoms with Gasteiger partial charge < -0.3 is 14.8 Å². The van der Waals surface area contributed by atoms with E-state index in [1.807, 2.05) is 0 Å². The van der Waals surface area contributed by atoms with Gasteiger partial charge in [-0.15, -0.1) is 0 Å². The summed E-state index contributed by atoms with van der Waals surface area (Å²) >= 11 is 3.14. The maximum atomic E-state index is 11.5. The van der Waals surface area contributed by atoms with E-state index < -0.39 is 11.9 Å². The van der Waals surface area contributed by atoms with Gasteiger partial charge in [0.15, 0.2) is 10.5 Å². The number of aromatic amines is 1. The van der Waals surface area contributed by atoms with E-state index in [1.165, 1.54) is 18.2 Å². The Morgan fingerprint density at radius 2 is 2.26 bits per heavy atom. The summed E-state index contributed by atoms with van der Waals surface area (Å²) in [7, 11) is 0. The molecule has 2 aromatic rings. The van der Waals surface area contributed by atoms with E-state index in [1.54, 1.807) is 12.1 Å². The number of carbonyl (C=O) groups is 2. The van der Waals surface area contributed by atoms with Crippen LogP contribution in [0.2, 0.25) is 0 Å². The van der Waals surface area contributed by atoms with Crippen LogP contribution >= 0.6 is 15.9 Å². The van der Waals surface area contributed by atoms with Crippen LogP contribution in [0.3, 0.4) is 0 Å². The van der Waals surface area contributed by atoms with Gasteiger partial charge in [-0.05, 0) is 34.1 Å². The maximum Gasteiger partial charge on any atom is 0.353 e. The van der Waals surface area contributed by atoms with Crippen molar-refractivity contribution in [3.63, 3.8) is 0 Å². The fourth-order valence-corrected chi connectivity index (χ4v) is 1.56. The summed E-state index contributed by atoms with van der Waals surface area (Å²) in [5.41, 5.74) is -0.103. The number of nitrogens with zero attached hydrogens (tertiary/aromatic N) is 1. The number of aromatic carboxylic acids is 1. The van der Waals surface area contributed by atoms with Gasteiger partial charge in [0.25, 0.3) is 0 Å². The van der Waals surface area contributed by atoms with E-state index >= 15 is 0 Å². The lowest BCUT2D eigenvalue weighted by molar-refractivity contribution is -0.111. The summed E-state index contributed by atoms with van der Waals surface area (Å²) in [4.78, 5) is 22.1. The van der Waals surface area contributed by atoms with Gasteiger partial charge in [0, 0.05) is 12.1 Å². The van der Waals surface area contributed by atoms with Crippen LogP contribution in [0.15, 0.2) is 33.4 Å². The summed E-state index contributed by atoms with van der Waals surface area (Å²) in [6, 6.07) is 4.60. The van der Waals surface area contributed by atoms with Crippen LogP contribution in [0.25, 0.3) is 6.08 Å². The van der Waals surface area contributed by atoms with Gasteiger partial charge in [0.05, 0.1) is 0 Å². The van der Waals surface area contributed by atoms with Crippen LogP contribution < -0.4 is 5.32 Å². The zero-order chi connectivity index (χ0) is 13.8. The average molecular weight is 326 g/mol. The predicted octanol–water partition coefficient (Wildman–Crippen LogP) is 2.12. The molecule has 0 spiro atoms. The Morgan fingerprint density at radius 3 is 2.84 bits per heavy atom. The molecule has 1 amide bonds. The molecule has 2 aromatic heterocycles. The highest BCUT2D eigenvalue weighted by atomic mass is 79.9. The van der Waals surface area contributed by atoms with Gasteiger partial charge in [-0.2, -0.15) is 5.10 Å². The number of carbonyl (C=O) groups excluding carboxylic acids is 1. The molecule has 0 aliphatic heterocycles. The fraction of sp³-hybridized carbons (Fsp3) is 0. The number of halogens is 1. The summed E-state index contributed by atoms with van der Waals surface area (Å²) < 4.78 is 5.73. The standard InChI is InChI=1S/C11H8BrN3O4/c12-8-3-1-6(19-8)2-4-10(16)13-9-5-7(11(17)18)14-15-9/h1-5H,(H,17,18)(H2,13,14,15,16). The number of hydrogen-bond acceptors (Lipinski definition) is 4. The molecule has 0 aliphatic rings. The second-order valence-electron chi connectivity index (χ2n) is 3.44. The first kappa shape index (κ1) is 13.1. The van der Waals surface area contributed by atoms with Crippen molar-refractivity contribution >= 4 is 39.7 Å². The number of furan rings is 1. The molecule has 0 aromatic carbocycles. The Kier molecular flexibility index (Phi) is 3.81. The van der Waals surface area contributed by atoms with Crippen LogP contribution in [-0.4, -0.2) is 27.2 Å². The third-order valence-corrected chi connectivity index (χ3v) is 2.48. The van der Waals surface area contributed by atoms with E-state index in [-0.39, 0.29) is 11.5 Å². The summed E-state index contributed by atoms with van der Waals surface area (Å²) in [5.74, 6) is -0.956. The largest absolute Gasteiger partial charge is 0.477 e. The molecule has 2 heterocycles. The average Bonchev–Trinajstić information content (AvgIpc) is 2.96. The minimum absolute atomic E-state index is 0.103. The van der Waals surface area contributed by atoms with E-state index in [0.717, 1.165) is 0 Å². The zero-order valence-corrected chi connectivity index (χ0v) is 11.0. The fourth-order valence-electron chi connectivity index (χ4n) is 1.24. The Hall–Kier alpha value is -2.35. The first-order valence-corrected chi connectivity index (χ1v) is 5.87. The number of amides is 1. The minimum atomic E-state index is -1.15. The van der Waals surface area contributed by atoms with E-state index in [9.17, 15) is 9.59 Å². The van der Waals surface area contributed by atoms with Crippen molar-refractivity contribution in [3.05, 3.63) is 40.4 Å². The number of carboxylic acid groups (broad SMARTS) is 1. The van der Waals surface area contributed by atoms with Crippen LogP contribution in [0.4, 0.5) is 5.82 Å². The smallest absolute Gasteiger partial charge is 0.353 e. The van der Waals surface area contributed by atoms with Crippen LogP contribution in [0, 0.1) is 0 Å². The molecule has 2 rings (SSSR count). The summed E-state index contributed by atoms with van der Waals surface area (Å²) in [5, 5.41) is 17.0. The van der Waals surface area contributed by atoms with Crippen molar-refractivity contribution in [1.29, 1.82) is 0 Å². The van der Waals surface area contributed by atoms with Crippen molar-refractivity contribution < 1.29 is 19.1 Å². The lowest BCUT2D eigenvalue weighted by atomic mass is 10.4. The highest BCUT2D eigenvalue weighted by Gasteiger charge is 2.08. The van der Waals surface area contributed by atoms with Gasteiger partial charge in [-0.25, -0.2) is 4.79 Å². The Bertz CT molecular complexity index is 644. The number of hydrogen-bond donors (Lipinski definition) is 3. The highest BCUT2D eigenvalue weighted by molar-refractivity contribution is 9.10. The predicted molar refractivity (Wildman–Crippen MR) is 69.6 cm³/mol. The van der Waals surface area contributed by atoms with Crippen LogP contribution in [-0.2, 0) is 4.79 Å². The molecule has 0 unspecified atom stereocenters. The number of rotatable bonds is 4. The van der Waals surface area contributed by atoms with Crippen molar-refractivity contribution in [1.82, 2.24) is 10.2 Å². The van der Waals surface area contributed by atoms with Crippen molar-refractivity contribution in [2.45, 2.75) is 0 Å². The molecule has 0 saturated carbocycles.